The van der Waals surface area contributed by atoms with Crippen LogP contribution in [0.15, 0.2) is 47.6 Å². The molecule has 2 aromatic carbocycles. The molecule has 2 rings (SSSR count). The molecule has 0 unspecified atom stereocenters. The first kappa shape index (κ1) is 21.9. The quantitative estimate of drug-likeness (QED) is 0.293. The molecule has 2 aromatic rings. The number of hydrazone groups is 1. The predicted octanol–water partition coefficient (Wildman–Crippen LogP) is 2.78. The molecule has 29 heavy (non-hydrogen) atoms. The number of halogens is 1. The number of unbranched alkanes of at least 4 members (excludes halogenated alkanes) is 1. The van der Waals surface area contributed by atoms with Gasteiger partial charge >= 0.3 is 11.8 Å². The van der Waals surface area contributed by atoms with E-state index in [9.17, 15) is 14.0 Å². The Bertz CT molecular complexity index is 854. The molecule has 0 saturated heterocycles. The third-order valence-electron chi connectivity index (χ3n) is 3.92. The van der Waals surface area contributed by atoms with Gasteiger partial charge in [0, 0.05) is 12.1 Å². The van der Waals surface area contributed by atoms with E-state index in [1.54, 1.807) is 30.3 Å². The largest absolute Gasteiger partial charge is 0.493 e. The molecule has 0 saturated carbocycles. The fourth-order valence-electron chi connectivity index (χ4n) is 2.36. The SMILES string of the molecule is CCCCNC(=O)C(=O)N/N=C\c1cccc(OC)c1OCc1ccc(F)cc1. The van der Waals surface area contributed by atoms with Crippen LogP contribution in [-0.4, -0.2) is 31.7 Å². The third-order valence-corrected chi connectivity index (χ3v) is 3.92. The Morgan fingerprint density at radius 1 is 1.14 bits per heavy atom. The Morgan fingerprint density at radius 2 is 1.90 bits per heavy atom. The number of nitrogens with zero attached hydrogens (tertiary/aromatic N) is 1. The van der Waals surface area contributed by atoms with Crippen molar-refractivity contribution >= 4 is 18.0 Å². The lowest BCUT2D eigenvalue weighted by Crippen LogP contribution is -2.38. The van der Waals surface area contributed by atoms with E-state index < -0.39 is 11.8 Å². The molecule has 2 amide bonds. The Kier molecular flexibility index (Phi) is 8.62. The zero-order valence-electron chi connectivity index (χ0n) is 16.4. The maximum absolute atomic E-state index is 13.0. The minimum Gasteiger partial charge on any atom is -0.493 e. The Hall–Kier alpha value is -3.42. The zero-order chi connectivity index (χ0) is 21.1. The van der Waals surface area contributed by atoms with Gasteiger partial charge in [0.2, 0.25) is 0 Å². The molecular weight excluding hydrogens is 377 g/mol. The molecule has 0 heterocycles. The molecule has 154 valence electrons. The van der Waals surface area contributed by atoms with E-state index in [4.69, 9.17) is 9.47 Å². The van der Waals surface area contributed by atoms with Gasteiger partial charge in [0.15, 0.2) is 11.5 Å². The van der Waals surface area contributed by atoms with Crippen molar-refractivity contribution in [1.29, 1.82) is 0 Å². The number of benzene rings is 2. The van der Waals surface area contributed by atoms with Crippen LogP contribution in [0.3, 0.4) is 0 Å². The molecule has 0 radical (unpaired) electrons. The highest BCUT2D eigenvalue weighted by Gasteiger charge is 2.12. The van der Waals surface area contributed by atoms with E-state index in [2.05, 4.69) is 15.8 Å². The molecular formula is C21H24FN3O4. The van der Waals surface area contributed by atoms with Crippen LogP contribution in [-0.2, 0) is 16.2 Å². The average Bonchev–Trinajstić information content (AvgIpc) is 2.73. The van der Waals surface area contributed by atoms with E-state index in [0.29, 0.717) is 23.6 Å². The van der Waals surface area contributed by atoms with Crippen molar-refractivity contribution in [3.63, 3.8) is 0 Å². The Morgan fingerprint density at radius 3 is 2.59 bits per heavy atom. The molecule has 0 aliphatic heterocycles. The van der Waals surface area contributed by atoms with Crippen LogP contribution >= 0.6 is 0 Å². The number of carbonyl (C=O) groups excluding carboxylic acids is 2. The molecule has 0 bridgehead atoms. The van der Waals surface area contributed by atoms with E-state index in [1.807, 2.05) is 6.92 Å². The van der Waals surface area contributed by atoms with Gasteiger partial charge in [0.05, 0.1) is 13.3 Å². The van der Waals surface area contributed by atoms with Crippen molar-refractivity contribution < 1.29 is 23.5 Å². The monoisotopic (exact) mass is 401 g/mol. The Balaban J connectivity index is 2.04. The summed E-state index contributed by atoms with van der Waals surface area (Å²) >= 11 is 0. The fraction of sp³-hybridized carbons (Fsp3) is 0.286. The summed E-state index contributed by atoms with van der Waals surface area (Å²) in [5, 5.41) is 6.33. The van der Waals surface area contributed by atoms with Gasteiger partial charge in [-0.15, -0.1) is 0 Å². The van der Waals surface area contributed by atoms with Crippen molar-refractivity contribution in [1.82, 2.24) is 10.7 Å². The second-order valence-corrected chi connectivity index (χ2v) is 6.10. The highest BCUT2D eigenvalue weighted by molar-refractivity contribution is 6.35. The van der Waals surface area contributed by atoms with E-state index in [1.165, 1.54) is 25.5 Å². The topological polar surface area (TPSA) is 89.0 Å². The van der Waals surface area contributed by atoms with Gasteiger partial charge in [0.1, 0.15) is 12.4 Å². The fourth-order valence-corrected chi connectivity index (χ4v) is 2.36. The number of rotatable bonds is 9. The summed E-state index contributed by atoms with van der Waals surface area (Å²) < 4.78 is 24.2. The first-order valence-corrected chi connectivity index (χ1v) is 9.20. The third kappa shape index (κ3) is 6.91. The number of hydrogen-bond donors (Lipinski definition) is 2. The molecule has 8 heteroatoms. The van der Waals surface area contributed by atoms with Crippen molar-refractivity contribution in [3.05, 3.63) is 59.4 Å². The van der Waals surface area contributed by atoms with Crippen molar-refractivity contribution in [2.75, 3.05) is 13.7 Å². The van der Waals surface area contributed by atoms with Crippen molar-refractivity contribution in [2.45, 2.75) is 26.4 Å². The summed E-state index contributed by atoms with van der Waals surface area (Å²) in [5.74, 6) is -1.04. The number of nitrogens with one attached hydrogen (secondary N) is 2. The van der Waals surface area contributed by atoms with E-state index in [0.717, 1.165) is 18.4 Å². The lowest BCUT2D eigenvalue weighted by atomic mass is 10.2. The summed E-state index contributed by atoms with van der Waals surface area (Å²) in [6.07, 6.45) is 3.07. The van der Waals surface area contributed by atoms with Crippen molar-refractivity contribution in [2.24, 2.45) is 5.10 Å². The highest BCUT2D eigenvalue weighted by atomic mass is 19.1. The summed E-state index contributed by atoms with van der Waals surface area (Å²) in [5.41, 5.74) is 3.50. The molecule has 0 spiro atoms. The van der Waals surface area contributed by atoms with Crippen LogP contribution in [0.25, 0.3) is 0 Å². The van der Waals surface area contributed by atoms with Crippen molar-refractivity contribution in [3.8, 4) is 11.5 Å². The minimum atomic E-state index is -0.853. The van der Waals surface area contributed by atoms with Gasteiger partial charge in [-0.2, -0.15) is 5.10 Å². The maximum Gasteiger partial charge on any atom is 0.329 e. The number of amides is 2. The van der Waals surface area contributed by atoms with Crippen LogP contribution < -0.4 is 20.2 Å². The number of carbonyl (C=O) groups is 2. The van der Waals surface area contributed by atoms with Gasteiger partial charge < -0.3 is 14.8 Å². The minimum absolute atomic E-state index is 0.188. The second-order valence-electron chi connectivity index (χ2n) is 6.10. The normalized spacial score (nSPS) is 10.6. The molecule has 0 aromatic heterocycles. The van der Waals surface area contributed by atoms with Gasteiger partial charge in [-0.1, -0.05) is 31.5 Å². The first-order valence-electron chi connectivity index (χ1n) is 9.20. The Labute approximate surface area is 168 Å². The van der Waals surface area contributed by atoms with Gasteiger partial charge in [0.25, 0.3) is 0 Å². The number of hydrogen-bond acceptors (Lipinski definition) is 5. The van der Waals surface area contributed by atoms with Crippen LogP contribution in [0, 0.1) is 5.82 Å². The highest BCUT2D eigenvalue weighted by Crippen LogP contribution is 2.30. The van der Waals surface area contributed by atoms with Crippen LogP contribution in [0.5, 0.6) is 11.5 Å². The van der Waals surface area contributed by atoms with Gasteiger partial charge in [-0.05, 0) is 36.2 Å². The summed E-state index contributed by atoms with van der Waals surface area (Å²) in [4.78, 5) is 23.4. The summed E-state index contributed by atoms with van der Waals surface area (Å²) in [6, 6.07) is 11.1. The van der Waals surface area contributed by atoms with Crippen LogP contribution in [0.4, 0.5) is 4.39 Å². The van der Waals surface area contributed by atoms with Gasteiger partial charge in [-0.25, -0.2) is 9.82 Å². The average molecular weight is 401 g/mol. The number of methoxy groups -OCH3 is 1. The molecule has 0 aliphatic carbocycles. The maximum atomic E-state index is 13.0. The molecule has 0 atom stereocenters. The zero-order valence-corrected chi connectivity index (χ0v) is 16.4. The molecule has 0 fully saturated rings. The van der Waals surface area contributed by atoms with E-state index in [-0.39, 0.29) is 12.4 Å². The molecule has 2 N–H and O–H groups in total. The lowest BCUT2D eigenvalue weighted by molar-refractivity contribution is -0.139. The summed E-state index contributed by atoms with van der Waals surface area (Å²) in [7, 11) is 1.50. The summed E-state index contributed by atoms with van der Waals surface area (Å²) in [6.45, 7) is 2.61. The standard InChI is InChI=1S/C21H24FN3O4/c1-3-4-12-23-20(26)21(27)25-24-13-16-6-5-7-18(28-2)19(16)29-14-15-8-10-17(22)11-9-15/h5-11,13H,3-4,12,14H2,1-2H3,(H,23,26)(H,25,27)/b24-13-. The predicted molar refractivity (Wildman–Crippen MR) is 107 cm³/mol. The molecule has 0 aliphatic rings. The molecule has 7 nitrogen and oxygen atoms in total. The number of ether oxygens (including phenoxy) is 2. The van der Waals surface area contributed by atoms with Gasteiger partial charge in [-0.3, -0.25) is 9.59 Å². The lowest BCUT2D eigenvalue weighted by Gasteiger charge is -2.13. The second kappa shape index (κ2) is 11.4. The van der Waals surface area contributed by atoms with Crippen LogP contribution in [0.1, 0.15) is 30.9 Å². The van der Waals surface area contributed by atoms with Crippen LogP contribution in [0.2, 0.25) is 0 Å². The first-order chi connectivity index (χ1) is 14.0. The van der Waals surface area contributed by atoms with E-state index >= 15 is 0 Å². The number of para-hydroxylation sites is 1. The smallest absolute Gasteiger partial charge is 0.329 e.